The van der Waals surface area contributed by atoms with Crippen LogP contribution in [0.3, 0.4) is 0 Å². The van der Waals surface area contributed by atoms with Gasteiger partial charge in [-0.3, -0.25) is 4.79 Å². The van der Waals surface area contributed by atoms with E-state index in [1.807, 2.05) is 18.2 Å². The van der Waals surface area contributed by atoms with Crippen LogP contribution in [0.25, 0.3) is 0 Å². The number of nitrogens with zero attached hydrogens (tertiary/aromatic N) is 1. The monoisotopic (exact) mass is 312 g/mol. The Labute approximate surface area is 124 Å². The van der Waals surface area contributed by atoms with E-state index in [0.29, 0.717) is 15.9 Å². The van der Waals surface area contributed by atoms with Crippen LogP contribution in [0.1, 0.15) is 16.5 Å². The van der Waals surface area contributed by atoms with Gasteiger partial charge in [0.2, 0.25) is 5.91 Å². The number of halogens is 2. The second kappa shape index (κ2) is 4.80. The van der Waals surface area contributed by atoms with Gasteiger partial charge in [0, 0.05) is 21.2 Å². The predicted molar refractivity (Wildman–Crippen MR) is 78.9 cm³/mol. The number of carbonyl (C=O) groups excluding carboxylic acids is 1. The molecule has 0 saturated heterocycles. The number of benzene rings is 1. The third-order valence-corrected chi connectivity index (χ3v) is 4.54. The highest BCUT2D eigenvalue weighted by molar-refractivity contribution is 7.16. The van der Waals surface area contributed by atoms with Crippen molar-refractivity contribution in [2.24, 2.45) is 5.73 Å². The molecule has 2 heterocycles. The minimum absolute atomic E-state index is 0.109. The lowest BCUT2D eigenvalue weighted by molar-refractivity contribution is -0.119. The average molecular weight is 313 g/mol. The summed E-state index contributed by atoms with van der Waals surface area (Å²) in [6.45, 7) is 0.485. The van der Waals surface area contributed by atoms with Crippen molar-refractivity contribution in [2.45, 2.75) is 12.6 Å². The molecule has 0 aliphatic carbocycles. The van der Waals surface area contributed by atoms with Crippen molar-refractivity contribution in [1.82, 2.24) is 0 Å². The summed E-state index contributed by atoms with van der Waals surface area (Å²) in [7, 11) is 0. The Morgan fingerprint density at radius 2 is 2.05 bits per heavy atom. The van der Waals surface area contributed by atoms with Crippen LogP contribution in [0.5, 0.6) is 0 Å². The topological polar surface area (TPSA) is 46.3 Å². The molecule has 1 aromatic carbocycles. The molecule has 1 atom stereocenters. The summed E-state index contributed by atoms with van der Waals surface area (Å²) in [4.78, 5) is 14.9. The Balaban J connectivity index is 1.97. The molecule has 19 heavy (non-hydrogen) atoms. The highest BCUT2D eigenvalue weighted by Gasteiger charge is 2.34. The van der Waals surface area contributed by atoms with E-state index in [9.17, 15) is 4.79 Å². The summed E-state index contributed by atoms with van der Waals surface area (Å²) < 4.78 is 0.710. The third-order valence-electron chi connectivity index (χ3n) is 3.09. The minimum Gasteiger partial charge on any atom is -0.316 e. The number of thiophene rings is 1. The molecule has 1 unspecified atom stereocenters. The number of anilines is 1. The Morgan fingerprint density at radius 3 is 2.74 bits per heavy atom. The lowest BCUT2D eigenvalue weighted by Gasteiger charge is -2.16. The van der Waals surface area contributed by atoms with E-state index < -0.39 is 6.04 Å². The van der Waals surface area contributed by atoms with Gasteiger partial charge >= 0.3 is 0 Å². The van der Waals surface area contributed by atoms with Crippen molar-refractivity contribution in [3.05, 3.63) is 50.1 Å². The van der Waals surface area contributed by atoms with Gasteiger partial charge in [-0.25, -0.2) is 0 Å². The Morgan fingerprint density at radius 1 is 1.26 bits per heavy atom. The molecule has 6 heteroatoms. The van der Waals surface area contributed by atoms with E-state index in [0.717, 1.165) is 16.1 Å². The van der Waals surface area contributed by atoms with Crippen LogP contribution in [0.15, 0.2) is 30.3 Å². The number of hydrogen-bond donors (Lipinski definition) is 1. The number of amides is 1. The first-order valence-electron chi connectivity index (χ1n) is 5.67. The molecule has 0 radical (unpaired) electrons. The second-order valence-corrected chi connectivity index (χ2v) is 6.55. The number of hydrogen-bond acceptors (Lipinski definition) is 3. The summed E-state index contributed by atoms with van der Waals surface area (Å²) in [5.41, 5.74) is 7.54. The van der Waals surface area contributed by atoms with Crippen molar-refractivity contribution in [1.29, 1.82) is 0 Å². The lowest BCUT2D eigenvalue weighted by atomic mass is 10.1. The maximum atomic E-state index is 12.2. The smallest absolute Gasteiger partial charge is 0.248 e. The van der Waals surface area contributed by atoms with Gasteiger partial charge in [-0.1, -0.05) is 23.2 Å². The van der Waals surface area contributed by atoms with E-state index in [2.05, 4.69) is 0 Å². The zero-order valence-electron chi connectivity index (χ0n) is 9.77. The first-order chi connectivity index (χ1) is 9.06. The van der Waals surface area contributed by atoms with Gasteiger partial charge in [-0.05, 0) is 30.3 Å². The Bertz CT molecular complexity index is 656. The van der Waals surface area contributed by atoms with Crippen LogP contribution in [0.2, 0.25) is 9.36 Å². The van der Waals surface area contributed by atoms with Crippen molar-refractivity contribution in [3.8, 4) is 0 Å². The number of fused-ring (bicyclic) bond motifs is 1. The molecule has 1 aromatic heterocycles. The maximum Gasteiger partial charge on any atom is 0.248 e. The molecule has 2 aromatic rings. The van der Waals surface area contributed by atoms with Crippen LogP contribution < -0.4 is 10.6 Å². The first kappa shape index (κ1) is 12.9. The molecule has 0 spiro atoms. The van der Waals surface area contributed by atoms with Crippen LogP contribution >= 0.6 is 34.5 Å². The lowest BCUT2D eigenvalue weighted by Crippen LogP contribution is -2.30. The van der Waals surface area contributed by atoms with Crippen LogP contribution in [-0.2, 0) is 11.3 Å². The standard InChI is InChI=1S/C13H10Cl2N2OS/c14-7-1-3-10-9(5-7)12(16)13(18)17(10)6-8-2-4-11(15)19-8/h1-5,12H,6,16H2. The molecule has 0 fully saturated rings. The number of carbonyl (C=O) groups is 1. The van der Waals surface area contributed by atoms with Crippen molar-refractivity contribution in [2.75, 3.05) is 4.90 Å². The number of nitrogens with two attached hydrogens (primary N) is 1. The average Bonchev–Trinajstić information content (AvgIpc) is 2.88. The molecule has 1 aliphatic heterocycles. The van der Waals surface area contributed by atoms with Crippen LogP contribution in [0, 0.1) is 0 Å². The largest absolute Gasteiger partial charge is 0.316 e. The minimum atomic E-state index is -0.635. The van der Waals surface area contributed by atoms with Crippen LogP contribution in [0.4, 0.5) is 5.69 Å². The normalized spacial score (nSPS) is 17.9. The summed E-state index contributed by atoms with van der Waals surface area (Å²) in [6.07, 6.45) is 0. The Hall–Kier alpha value is -1.07. The first-order valence-corrected chi connectivity index (χ1v) is 7.24. The molecule has 98 valence electrons. The van der Waals surface area contributed by atoms with Gasteiger partial charge in [-0.2, -0.15) is 0 Å². The highest BCUT2D eigenvalue weighted by atomic mass is 35.5. The van der Waals surface area contributed by atoms with Crippen molar-refractivity contribution >= 4 is 46.1 Å². The summed E-state index contributed by atoms with van der Waals surface area (Å²) in [6, 6.07) is 8.45. The summed E-state index contributed by atoms with van der Waals surface area (Å²) in [5, 5.41) is 0.586. The quantitative estimate of drug-likeness (QED) is 0.921. The van der Waals surface area contributed by atoms with E-state index in [1.165, 1.54) is 11.3 Å². The molecule has 0 bridgehead atoms. The SMILES string of the molecule is NC1C(=O)N(Cc2ccc(Cl)s2)c2ccc(Cl)cc21. The molecule has 1 aliphatic rings. The fourth-order valence-corrected chi connectivity index (χ4v) is 3.45. The van der Waals surface area contributed by atoms with Crippen molar-refractivity contribution < 1.29 is 4.79 Å². The summed E-state index contributed by atoms with van der Waals surface area (Å²) in [5.74, 6) is -0.109. The molecule has 2 N–H and O–H groups in total. The maximum absolute atomic E-state index is 12.2. The van der Waals surface area contributed by atoms with Gasteiger partial charge in [-0.15, -0.1) is 11.3 Å². The van der Waals surface area contributed by atoms with E-state index in [1.54, 1.807) is 17.0 Å². The van der Waals surface area contributed by atoms with E-state index in [-0.39, 0.29) is 5.91 Å². The predicted octanol–water partition coefficient (Wildman–Crippen LogP) is 3.60. The van der Waals surface area contributed by atoms with Crippen molar-refractivity contribution in [3.63, 3.8) is 0 Å². The third kappa shape index (κ3) is 2.25. The fourth-order valence-electron chi connectivity index (χ4n) is 2.20. The molecular formula is C13H10Cl2N2OS. The number of rotatable bonds is 2. The van der Waals surface area contributed by atoms with Gasteiger partial charge in [0.05, 0.1) is 10.9 Å². The zero-order chi connectivity index (χ0) is 13.6. The van der Waals surface area contributed by atoms with Crippen LogP contribution in [-0.4, -0.2) is 5.91 Å². The molecule has 3 rings (SSSR count). The van der Waals surface area contributed by atoms with E-state index >= 15 is 0 Å². The molecule has 1 amide bonds. The highest BCUT2D eigenvalue weighted by Crippen LogP contribution is 2.38. The second-order valence-electron chi connectivity index (χ2n) is 4.31. The fraction of sp³-hybridized carbons (Fsp3) is 0.154. The Kier molecular flexibility index (Phi) is 3.27. The molecule has 0 saturated carbocycles. The van der Waals surface area contributed by atoms with Gasteiger partial charge in [0.15, 0.2) is 0 Å². The molecule has 3 nitrogen and oxygen atoms in total. The van der Waals surface area contributed by atoms with Gasteiger partial charge in [0.1, 0.15) is 6.04 Å². The van der Waals surface area contributed by atoms with Gasteiger partial charge < -0.3 is 10.6 Å². The zero-order valence-corrected chi connectivity index (χ0v) is 12.1. The van der Waals surface area contributed by atoms with Gasteiger partial charge in [0.25, 0.3) is 0 Å². The summed E-state index contributed by atoms with van der Waals surface area (Å²) >= 11 is 13.3. The molecular weight excluding hydrogens is 303 g/mol. The van der Waals surface area contributed by atoms with E-state index in [4.69, 9.17) is 28.9 Å².